The van der Waals surface area contributed by atoms with E-state index in [-0.39, 0.29) is 18.3 Å². The Kier molecular flexibility index (Phi) is 3.60. The zero-order valence-corrected chi connectivity index (χ0v) is 9.63. The fraction of sp³-hybridized carbons (Fsp3) is 0.0714. The maximum atomic E-state index is 11.9. The Morgan fingerprint density at radius 2 is 1.89 bits per heavy atom. The SMILES string of the molecule is O=C(Nc1cccc(CO)c1)c1cccc(O)c1. The van der Waals surface area contributed by atoms with Gasteiger partial charge in [0.1, 0.15) is 5.75 Å². The van der Waals surface area contributed by atoms with Crippen molar-refractivity contribution in [2.24, 2.45) is 0 Å². The molecule has 0 atom stereocenters. The number of hydrogen-bond acceptors (Lipinski definition) is 3. The molecule has 4 nitrogen and oxygen atoms in total. The maximum Gasteiger partial charge on any atom is 0.255 e. The lowest BCUT2D eigenvalue weighted by atomic mass is 10.1. The number of aromatic hydroxyl groups is 1. The van der Waals surface area contributed by atoms with Crippen LogP contribution in [-0.2, 0) is 6.61 Å². The lowest BCUT2D eigenvalue weighted by Gasteiger charge is -2.06. The summed E-state index contributed by atoms with van der Waals surface area (Å²) >= 11 is 0. The van der Waals surface area contributed by atoms with Gasteiger partial charge in [0.2, 0.25) is 0 Å². The summed E-state index contributed by atoms with van der Waals surface area (Å²) < 4.78 is 0. The van der Waals surface area contributed by atoms with Crippen LogP contribution in [0.15, 0.2) is 48.5 Å². The van der Waals surface area contributed by atoms with Crippen molar-refractivity contribution in [3.05, 3.63) is 59.7 Å². The molecule has 2 aromatic carbocycles. The molecule has 0 saturated carbocycles. The first kappa shape index (κ1) is 12.1. The van der Waals surface area contributed by atoms with E-state index in [0.717, 1.165) is 5.56 Å². The molecule has 1 amide bonds. The number of carbonyl (C=O) groups is 1. The number of anilines is 1. The molecule has 2 aromatic rings. The molecule has 0 aromatic heterocycles. The number of phenols is 1. The largest absolute Gasteiger partial charge is 0.508 e. The highest BCUT2D eigenvalue weighted by molar-refractivity contribution is 6.04. The highest BCUT2D eigenvalue weighted by atomic mass is 16.3. The summed E-state index contributed by atoms with van der Waals surface area (Å²) in [6, 6.07) is 13.1. The van der Waals surface area contributed by atoms with E-state index in [2.05, 4.69) is 5.32 Å². The van der Waals surface area contributed by atoms with Crippen LogP contribution in [0.5, 0.6) is 5.75 Å². The smallest absolute Gasteiger partial charge is 0.255 e. The van der Waals surface area contributed by atoms with E-state index in [1.165, 1.54) is 12.1 Å². The van der Waals surface area contributed by atoms with Crippen molar-refractivity contribution in [2.45, 2.75) is 6.61 Å². The molecule has 0 spiro atoms. The molecule has 2 rings (SSSR count). The molecule has 0 saturated heterocycles. The van der Waals surface area contributed by atoms with Crippen molar-refractivity contribution in [3.8, 4) is 5.75 Å². The summed E-state index contributed by atoms with van der Waals surface area (Å²) in [6.45, 7) is -0.0736. The number of aliphatic hydroxyl groups is 1. The number of benzene rings is 2. The second-order valence-corrected chi connectivity index (χ2v) is 3.86. The van der Waals surface area contributed by atoms with Gasteiger partial charge >= 0.3 is 0 Å². The molecule has 0 heterocycles. The highest BCUT2D eigenvalue weighted by Crippen LogP contribution is 2.15. The van der Waals surface area contributed by atoms with E-state index in [1.807, 2.05) is 0 Å². The molecule has 0 radical (unpaired) electrons. The summed E-state index contributed by atoms with van der Waals surface area (Å²) in [5, 5.41) is 21.0. The number of carbonyl (C=O) groups excluding carboxylic acids is 1. The summed E-state index contributed by atoms with van der Waals surface area (Å²) in [5.74, 6) is -0.257. The van der Waals surface area contributed by atoms with E-state index in [1.54, 1.807) is 36.4 Å². The average molecular weight is 243 g/mol. The Bertz CT molecular complexity index is 566. The van der Waals surface area contributed by atoms with Crippen LogP contribution >= 0.6 is 0 Å². The number of nitrogens with one attached hydrogen (secondary N) is 1. The van der Waals surface area contributed by atoms with Gasteiger partial charge in [0.05, 0.1) is 6.61 Å². The Hall–Kier alpha value is -2.33. The lowest BCUT2D eigenvalue weighted by Crippen LogP contribution is -2.11. The second-order valence-electron chi connectivity index (χ2n) is 3.86. The van der Waals surface area contributed by atoms with Crippen LogP contribution in [0, 0.1) is 0 Å². The minimum Gasteiger partial charge on any atom is -0.508 e. The normalized spacial score (nSPS) is 10.1. The molecule has 92 valence electrons. The number of aliphatic hydroxyl groups excluding tert-OH is 1. The molecular formula is C14H13NO3. The van der Waals surface area contributed by atoms with Gasteiger partial charge in [-0.2, -0.15) is 0 Å². The Labute approximate surface area is 105 Å². The number of hydrogen-bond donors (Lipinski definition) is 3. The van der Waals surface area contributed by atoms with Crippen molar-refractivity contribution in [3.63, 3.8) is 0 Å². The number of phenolic OH excluding ortho intramolecular Hbond substituents is 1. The molecular weight excluding hydrogens is 230 g/mol. The molecule has 4 heteroatoms. The van der Waals surface area contributed by atoms with Gasteiger partial charge in [-0.05, 0) is 35.9 Å². The maximum absolute atomic E-state index is 11.9. The molecule has 0 aliphatic heterocycles. The van der Waals surface area contributed by atoms with Gasteiger partial charge in [0, 0.05) is 11.3 Å². The first-order valence-corrected chi connectivity index (χ1v) is 5.49. The van der Waals surface area contributed by atoms with Gasteiger partial charge in [0.15, 0.2) is 0 Å². The average Bonchev–Trinajstić information content (AvgIpc) is 2.39. The summed E-state index contributed by atoms with van der Waals surface area (Å²) in [7, 11) is 0. The molecule has 0 fully saturated rings. The summed E-state index contributed by atoms with van der Waals surface area (Å²) in [6.07, 6.45) is 0. The van der Waals surface area contributed by atoms with Crippen molar-refractivity contribution in [2.75, 3.05) is 5.32 Å². The highest BCUT2D eigenvalue weighted by Gasteiger charge is 2.06. The summed E-state index contributed by atoms with van der Waals surface area (Å²) in [4.78, 5) is 11.9. The fourth-order valence-corrected chi connectivity index (χ4v) is 1.60. The van der Waals surface area contributed by atoms with Crippen LogP contribution in [0.3, 0.4) is 0 Å². The van der Waals surface area contributed by atoms with Crippen molar-refractivity contribution >= 4 is 11.6 Å². The first-order chi connectivity index (χ1) is 8.69. The minimum absolute atomic E-state index is 0.0479. The Morgan fingerprint density at radius 3 is 2.61 bits per heavy atom. The number of rotatable bonds is 3. The van der Waals surface area contributed by atoms with Crippen LogP contribution in [0.2, 0.25) is 0 Å². The second kappa shape index (κ2) is 5.33. The zero-order chi connectivity index (χ0) is 13.0. The van der Waals surface area contributed by atoms with E-state index < -0.39 is 0 Å². The lowest BCUT2D eigenvalue weighted by molar-refractivity contribution is 0.102. The Morgan fingerprint density at radius 1 is 1.11 bits per heavy atom. The molecule has 3 N–H and O–H groups in total. The summed E-state index contributed by atoms with van der Waals surface area (Å²) in [5.41, 5.74) is 1.71. The molecule has 0 unspecified atom stereocenters. The minimum atomic E-state index is -0.305. The van der Waals surface area contributed by atoms with Gasteiger partial charge in [-0.3, -0.25) is 4.79 Å². The van der Waals surface area contributed by atoms with Crippen LogP contribution in [0.1, 0.15) is 15.9 Å². The molecule has 18 heavy (non-hydrogen) atoms. The monoisotopic (exact) mass is 243 g/mol. The quantitative estimate of drug-likeness (QED) is 0.773. The van der Waals surface area contributed by atoms with Gasteiger partial charge in [-0.15, -0.1) is 0 Å². The fourth-order valence-electron chi connectivity index (χ4n) is 1.60. The van der Waals surface area contributed by atoms with Crippen LogP contribution in [0.25, 0.3) is 0 Å². The first-order valence-electron chi connectivity index (χ1n) is 5.49. The molecule has 0 aliphatic rings. The predicted octanol–water partition coefficient (Wildman–Crippen LogP) is 2.14. The molecule has 0 aliphatic carbocycles. The van der Waals surface area contributed by atoms with E-state index >= 15 is 0 Å². The van der Waals surface area contributed by atoms with Crippen LogP contribution in [0.4, 0.5) is 5.69 Å². The predicted molar refractivity (Wildman–Crippen MR) is 68.4 cm³/mol. The third-order valence-corrected chi connectivity index (χ3v) is 2.48. The van der Waals surface area contributed by atoms with Gasteiger partial charge < -0.3 is 15.5 Å². The van der Waals surface area contributed by atoms with E-state index in [9.17, 15) is 9.90 Å². The third-order valence-electron chi connectivity index (χ3n) is 2.48. The van der Waals surface area contributed by atoms with Gasteiger partial charge in [-0.1, -0.05) is 18.2 Å². The Balaban J connectivity index is 2.16. The van der Waals surface area contributed by atoms with Crippen molar-refractivity contribution < 1.29 is 15.0 Å². The van der Waals surface area contributed by atoms with E-state index in [0.29, 0.717) is 11.3 Å². The van der Waals surface area contributed by atoms with Crippen LogP contribution in [-0.4, -0.2) is 16.1 Å². The van der Waals surface area contributed by atoms with E-state index in [4.69, 9.17) is 5.11 Å². The topological polar surface area (TPSA) is 69.6 Å². The third kappa shape index (κ3) is 2.87. The van der Waals surface area contributed by atoms with Gasteiger partial charge in [-0.25, -0.2) is 0 Å². The van der Waals surface area contributed by atoms with Crippen LogP contribution < -0.4 is 5.32 Å². The molecule has 0 bridgehead atoms. The van der Waals surface area contributed by atoms with Crippen molar-refractivity contribution in [1.82, 2.24) is 0 Å². The zero-order valence-electron chi connectivity index (χ0n) is 9.63. The van der Waals surface area contributed by atoms with Crippen molar-refractivity contribution in [1.29, 1.82) is 0 Å². The number of amides is 1. The van der Waals surface area contributed by atoms with Gasteiger partial charge in [0.25, 0.3) is 5.91 Å². The standard InChI is InChI=1S/C14H13NO3/c16-9-10-3-1-5-12(7-10)15-14(18)11-4-2-6-13(17)8-11/h1-8,16-17H,9H2,(H,15,18).